The first-order chi connectivity index (χ1) is 12.0. The lowest BCUT2D eigenvalue weighted by Crippen LogP contribution is -2.31. The summed E-state index contributed by atoms with van der Waals surface area (Å²) in [6.45, 7) is 5.66. The molecule has 0 amide bonds. The van der Waals surface area contributed by atoms with Crippen LogP contribution in [0.25, 0.3) is 0 Å². The van der Waals surface area contributed by atoms with Gasteiger partial charge in [0.05, 0.1) is 12.7 Å². The van der Waals surface area contributed by atoms with Crippen molar-refractivity contribution >= 4 is 5.97 Å². The molecule has 2 aromatic rings. The maximum Gasteiger partial charge on any atom is 0.347 e. The molecule has 25 heavy (non-hydrogen) atoms. The minimum atomic E-state index is -0.751. The van der Waals surface area contributed by atoms with Crippen LogP contribution >= 0.6 is 0 Å². The number of carbonyl (C=O) groups excluding carboxylic acids is 1. The Labute approximate surface area is 148 Å². The third kappa shape index (κ3) is 6.12. The molecule has 0 bridgehead atoms. The molecule has 0 heterocycles. The molecule has 0 fully saturated rings. The van der Waals surface area contributed by atoms with Crippen LogP contribution in [0.15, 0.2) is 54.6 Å². The SMILES string of the molecule is CC(COC(C)c1ccccc1)OC(=O)C(C)Oc1ccc(O)cc1. The van der Waals surface area contributed by atoms with E-state index >= 15 is 0 Å². The Balaban J connectivity index is 1.76. The predicted octanol–water partition coefficient (Wildman–Crippen LogP) is 3.87. The number of benzene rings is 2. The van der Waals surface area contributed by atoms with E-state index in [-0.39, 0.29) is 18.0 Å². The van der Waals surface area contributed by atoms with Gasteiger partial charge in [-0.05, 0) is 50.6 Å². The summed E-state index contributed by atoms with van der Waals surface area (Å²) in [5.41, 5.74) is 1.07. The van der Waals surface area contributed by atoms with Gasteiger partial charge < -0.3 is 19.3 Å². The monoisotopic (exact) mass is 344 g/mol. The van der Waals surface area contributed by atoms with Gasteiger partial charge in [0.1, 0.15) is 17.6 Å². The third-order valence-electron chi connectivity index (χ3n) is 3.65. The van der Waals surface area contributed by atoms with Crippen LogP contribution in [-0.4, -0.2) is 29.9 Å². The van der Waals surface area contributed by atoms with Crippen molar-refractivity contribution in [1.82, 2.24) is 0 Å². The fourth-order valence-corrected chi connectivity index (χ4v) is 2.21. The van der Waals surface area contributed by atoms with Crippen molar-refractivity contribution in [2.24, 2.45) is 0 Å². The van der Waals surface area contributed by atoms with Gasteiger partial charge >= 0.3 is 5.97 Å². The van der Waals surface area contributed by atoms with E-state index in [0.717, 1.165) is 5.56 Å². The molecule has 2 rings (SSSR count). The van der Waals surface area contributed by atoms with Gasteiger partial charge in [-0.3, -0.25) is 0 Å². The number of carbonyl (C=O) groups is 1. The van der Waals surface area contributed by atoms with Crippen molar-refractivity contribution in [3.8, 4) is 11.5 Å². The first-order valence-corrected chi connectivity index (χ1v) is 8.28. The van der Waals surface area contributed by atoms with Crippen LogP contribution in [-0.2, 0) is 14.3 Å². The summed E-state index contributed by atoms with van der Waals surface area (Å²) in [6, 6.07) is 16.0. The number of rotatable bonds is 8. The zero-order valence-electron chi connectivity index (χ0n) is 14.7. The van der Waals surface area contributed by atoms with Crippen molar-refractivity contribution in [3.63, 3.8) is 0 Å². The maximum atomic E-state index is 12.1. The summed E-state index contributed by atoms with van der Waals surface area (Å²) in [5, 5.41) is 9.24. The number of aromatic hydroxyl groups is 1. The Hall–Kier alpha value is -2.53. The highest BCUT2D eigenvalue weighted by molar-refractivity contribution is 5.74. The molecule has 0 saturated heterocycles. The van der Waals surface area contributed by atoms with Gasteiger partial charge in [0.15, 0.2) is 6.10 Å². The topological polar surface area (TPSA) is 65.0 Å². The minimum absolute atomic E-state index is 0.0759. The standard InChI is InChI=1S/C20H24O5/c1-14(13-23-15(2)17-7-5-4-6-8-17)24-20(22)16(3)25-19-11-9-18(21)10-12-19/h4-12,14-16,21H,13H2,1-3H3. The molecule has 0 spiro atoms. The second-order valence-electron chi connectivity index (χ2n) is 5.89. The van der Waals surface area contributed by atoms with Crippen LogP contribution in [0.2, 0.25) is 0 Å². The summed E-state index contributed by atoms with van der Waals surface area (Å²) >= 11 is 0. The zero-order chi connectivity index (χ0) is 18.2. The fourth-order valence-electron chi connectivity index (χ4n) is 2.21. The van der Waals surface area contributed by atoms with Crippen LogP contribution < -0.4 is 4.74 Å². The summed E-state index contributed by atoms with van der Waals surface area (Å²) in [5.74, 6) is 0.168. The molecule has 3 atom stereocenters. The highest BCUT2D eigenvalue weighted by Gasteiger charge is 2.20. The molecule has 0 aromatic heterocycles. The Morgan fingerprint density at radius 1 is 1.00 bits per heavy atom. The minimum Gasteiger partial charge on any atom is -0.508 e. The van der Waals surface area contributed by atoms with E-state index in [9.17, 15) is 9.90 Å². The summed E-state index contributed by atoms with van der Waals surface area (Å²) in [6.07, 6.45) is -1.21. The van der Waals surface area contributed by atoms with E-state index in [1.165, 1.54) is 12.1 Å². The third-order valence-corrected chi connectivity index (χ3v) is 3.65. The highest BCUT2D eigenvalue weighted by atomic mass is 16.6. The van der Waals surface area contributed by atoms with Crippen molar-refractivity contribution in [1.29, 1.82) is 0 Å². The van der Waals surface area contributed by atoms with Gasteiger partial charge in [-0.15, -0.1) is 0 Å². The lowest BCUT2D eigenvalue weighted by atomic mass is 10.1. The van der Waals surface area contributed by atoms with E-state index in [1.54, 1.807) is 26.0 Å². The first-order valence-electron chi connectivity index (χ1n) is 8.28. The Kier molecular flexibility index (Phi) is 6.83. The van der Waals surface area contributed by atoms with Crippen molar-refractivity contribution in [2.45, 2.75) is 39.1 Å². The van der Waals surface area contributed by atoms with Gasteiger partial charge in [-0.2, -0.15) is 0 Å². The van der Waals surface area contributed by atoms with Crippen molar-refractivity contribution < 1.29 is 24.1 Å². The molecule has 5 nitrogen and oxygen atoms in total. The van der Waals surface area contributed by atoms with Gasteiger partial charge in [0.25, 0.3) is 0 Å². The van der Waals surface area contributed by atoms with Gasteiger partial charge in [-0.25, -0.2) is 4.79 Å². The number of hydrogen-bond acceptors (Lipinski definition) is 5. The van der Waals surface area contributed by atoms with Gasteiger partial charge in [-0.1, -0.05) is 30.3 Å². The predicted molar refractivity (Wildman–Crippen MR) is 94.6 cm³/mol. The molecule has 1 N–H and O–H groups in total. The van der Waals surface area contributed by atoms with E-state index in [0.29, 0.717) is 12.4 Å². The Morgan fingerprint density at radius 3 is 2.28 bits per heavy atom. The lowest BCUT2D eigenvalue weighted by molar-refractivity contribution is -0.159. The molecule has 0 radical (unpaired) electrons. The number of phenols is 1. The number of esters is 1. The highest BCUT2D eigenvalue weighted by Crippen LogP contribution is 2.18. The maximum absolute atomic E-state index is 12.1. The van der Waals surface area contributed by atoms with E-state index < -0.39 is 12.1 Å². The molecule has 2 aromatic carbocycles. The zero-order valence-corrected chi connectivity index (χ0v) is 14.7. The smallest absolute Gasteiger partial charge is 0.347 e. The molecule has 0 aliphatic rings. The molecule has 0 aliphatic carbocycles. The molecule has 134 valence electrons. The normalized spacial score (nSPS) is 14.4. The first kappa shape index (κ1) is 18.8. The summed E-state index contributed by atoms with van der Waals surface area (Å²) in [7, 11) is 0. The van der Waals surface area contributed by atoms with Crippen LogP contribution in [0.5, 0.6) is 11.5 Å². The lowest BCUT2D eigenvalue weighted by Gasteiger charge is -2.20. The molecular formula is C20H24O5. The molecule has 5 heteroatoms. The Bertz CT molecular complexity index is 654. The summed E-state index contributed by atoms with van der Waals surface area (Å²) in [4.78, 5) is 12.1. The second-order valence-corrected chi connectivity index (χ2v) is 5.89. The van der Waals surface area contributed by atoms with Crippen molar-refractivity contribution in [2.75, 3.05) is 6.61 Å². The second kappa shape index (κ2) is 9.08. The van der Waals surface area contributed by atoms with Crippen molar-refractivity contribution in [3.05, 3.63) is 60.2 Å². The molecule has 0 saturated carbocycles. The average Bonchev–Trinajstić information content (AvgIpc) is 2.62. The average molecular weight is 344 g/mol. The Morgan fingerprint density at radius 2 is 1.64 bits per heavy atom. The number of ether oxygens (including phenoxy) is 3. The van der Waals surface area contributed by atoms with E-state index in [1.807, 2.05) is 37.3 Å². The van der Waals surface area contributed by atoms with Gasteiger partial charge in [0.2, 0.25) is 0 Å². The van der Waals surface area contributed by atoms with E-state index in [4.69, 9.17) is 14.2 Å². The quantitative estimate of drug-likeness (QED) is 0.737. The fraction of sp³-hybridized carbons (Fsp3) is 0.350. The largest absolute Gasteiger partial charge is 0.508 e. The summed E-state index contributed by atoms with van der Waals surface area (Å²) < 4.78 is 16.6. The van der Waals surface area contributed by atoms with Crippen LogP contribution in [0.1, 0.15) is 32.4 Å². The molecular weight excluding hydrogens is 320 g/mol. The van der Waals surface area contributed by atoms with Crippen LogP contribution in [0, 0.1) is 0 Å². The molecule has 3 unspecified atom stereocenters. The number of hydrogen-bond donors (Lipinski definition) is 1. The molecule has 0 aliphatic heterocycles. The van der Waals surface area contributed by atoms with Gasteiger partial charge in [0, 0.05) is 0 Å². The van der Waals surface area contributed by atoms with E-state index in [2.05, 4.69) is 0 Å². The van der Waals surface area contributed by atoms with Crippen LogP contribution in [0.3, 0.4) is 0 Å². The number of phenolic OH excluding ortho intramolecular Hbond substituents is 1. The van der Waals surface area contributed by atoms with Crippen LogP contribution in [0.4, 0.5) is 0 Å².